The molecule has 1 fully saturated rings. The van der Waals surface area contributed by atoms with Crippen LogP contribution in [0.4, 0.5) is 11.5 Å². The van der Waals surface area contributed by atoms with Crippen LogP contribution >= 0.6 is 23.4 Å². The third-order valence-corrected chi connectivity index (χ3v) is 6.18. The minimum atomic E-state index is -0.221. The van der Waals surface area contributed by atoms with E-state index in [1.807, 2.05) is 39.2 Å². The summed E-state index contributed by atoms with van der Waals surface area (Å²) in [5.41, 5.74) is 0.966. The molecule has 0 aliphatic carbocycles. The Morgan fingerprint density at radius 2 is 1.91 bits per heavy atom. The average Bonchev–Trinajstić information content (AvgIpc) is 2.73. The number of halogens is 1. The lowest BCUT2D eigenvalue weighted by Gasteiger charge is -2.34. The fourth-order valence-electron chi connectivity index (χ4n) is 3.79. The number of anilines is 2. The lowest BCUT2D eigenvalue weighted by Crippen LogP contribution is -2.42. The van der Waals surface area contributed by atoms with Crippen molar-refractivity contribution < 1.29 is 9.59 Å². The maximum absolute atomic E-state index is 12.8. The number of benzene rings is 1. The highest BCUT2D eigenvalue weighted by Crippen LogP contribution is 2.31. The first-order chi connectivity index (χ1) is 15.1. The van der Waals surface area contributed by atoms with Crippen LogP contribution in [-0.2, 0) is 4.79 Å². The van der Waals surface area contributed by atoms with Gasteiger partial charge in [0.25, 0.3) is 5.91 Å². The number of carbonyl (C=O) groups excluding carboxylic acids is 2. The molecule has 0 bridgehead atoms. The Morgan fingerprint density at radius 1 is 1.19 bits per heavy atom. The van der Waals surface area contributed by atoms with Crippen LogP contribution in [0.2, 0.25) is 5.02 Å². The maximum atomic E-state index is 12.8. The standard InChI is InChI=1S/C24H31ClN4O2S/c1-24(2,3)28-20(30)14-16-10-12-29(13-11-16)22-19(8-9-21(27-22)32-4)26-23(31)17-6-5-7-18(25)15-17/h5-9,15-16H,10-14H2,1-4H3,(H,26,31)(H,28,30). The molecule has 6 nitrogen and oxygen atoms in total. The number of pyridine rings is 1. The predicted molar refractivity (Wildman–Crippen MR) is 133 cm³/mol. The Morgan fingerprint density at radius 3 is 2.53 bits per heavy atom. The molecule has 2 heterocycles. The lowest BCUT2D eigenvalue weighted by atomic mass is 9.92. The molecule has 1 aliphatic heterocycles. The number of carbonyl (C=O) groups is 2. The van der Waals surface area contributed by atoms with E-state index in [0.29, 0.717) is 28.6 Å². The van der Waals surface area contributed by atoms with Gasteiger partial charge in [0.2, 0.25) is 5.91 Å². The first-order valence-corrected chi connectivity index (χ1v) is 12.4. The highest BCUT2D eigenvalue weighted by atomic mass is 35.5. The molecule has 172 valence electrons. The molecule has 0 spiro atoms. The molecule has 3 rings (SSSR count). The molecule has 0 saturated carbocycles. The Kier molecular flexibility index (Phi) is 8.06. The zero-order valence-electron chi connectivity index (χ0n) is 19.1. The van der Waals surface area contributed by atoms with Gasteiger partial charge < -0.3 is 15.5 Å². The molecular weight excluding hydrogens is 444 g/mol. The highest BCUT2D eigenvalue weighted by Gasteiger charge is 2.26. The molecule has 0 radical (unpaired) electrons. The van der Waals surface area contributed by atoms with E-state index in [1.54, 1.807) is 36.0 Å². The zero-order valence-corrected chi connectivity index (χ0v) is 20.6. The zero-order chi connectivity index (χ0) is 23.3. The average molecular weight is 475 g/mol. The van der Waals surface area contributed by atoms with Crippen molar-refractivity contribution in [1.29, 1.82) is 0 Å². The number of nitrogens with one attached hydrogen (secondary N) is 2. The summed E-state index contributed by atoms with van der Waals surface area (Å²) in [6, 6.07) is 10.7. The van der Waals surface area contributed by atoms with E-state index < -0.39 is 0 Å². The second kappa shape index (κ2) is 10.6. The summed E-state index contributed by atoms with van der Waals surface area (Å²) in [4.78, 5) is 32.1. The molecule has 8 heteroatoms. The maximum Gasteiger partial charge on any atom is 0.255 e. The smallest absolute Gasteiger partial charge is 0.255 e. The van der Waals surface area contributed by atoms with Crippen molar-refractivity contribution in [3.63, 3.8) is 0 Å². The van der Waals surface area contributed by atoms with Crippen LogP contribution < -0.4 is 15.5 Å². The lowest BCUT2D eigenvalue weighted by molar-refractivity contribution is -0.123. The van der Waals surface area contributed by atoms with E-state index in [-0.39, 0.29) is 17.4 Å². The quantitative estimate of drug-likeness (QED) is 0.560. The third-order valence-electron chi connectivity index (χ3n) is 5.30. The monoisotopic (exact) mass is 474 g/mol. The van der Waals surface area contributed by atoms with Crippen molar-refractivity contribution >= 4 is 46.7 Å². The molecule has 1 aromatic carbocycles. The summed E-state index contributed by atoms with van der Waals surface area (Å²) in [5.74, 6) is 1.00. The van der Waals surface area contributed by atoms with Crippen LogP contribution in [0.5, 0.6) is 0 Å². The van der Waals surface area contributed by atoms with Gasteiger partial charge in [0.15, 0.2) is 5.82 Å². The normalized spacial score (nSPS) is 14.8. The number of rotatable bonds is 6. The van der Waals surface area contributed by atoms with Gasteiger partial charge >= 0.3 is 0 Å². The van der Waals surface area contributed by atoms with E-state index in [1.165, 1.54) is 0 Å². The minimum absolute atomic E-state index is 0.105. The largest absolute Gasteiger partial charge is 0.355 e. The summed E-state index contributed by atoms with van der Waals surface area (Å²) in [5, 5.41) is 7.46. The molecule has 0 unspecified atom stereocenters. The van der Waals surface area contributed by atoms with Gasteiger partial charge in [0.05, 0.1) is 10.7 Å². The summed E-state index contributed by atoms with van der Waals surface area (Å²) in [6.45, 7) is 7.57. The van der Waals surface area contributed by atoms with E-state index in [0.717, 1.165) is 36.8 Å². The number of hydrogen-bond acceptors (Lipinski definition) is 5. The van der Waals surface area contributed by atoms with Crippen molar-refractivity contribution in [2.24, 2.45) is 5.92 Å². The van der Waals surface area contributed by atoms with Gasteiger partial charge in [-0.2, -0.15) is 0 Å². The number of thioether (sulfide) groups is 1. The van der Waals surface area contributed by atoms with Gasteiger partial charge in [-0.15, -0.1) is 11.8 Å². The topological polar surface area (TPSA) is 74.3 Å². The fourth-order valence-corrected chi connectivity index (χ4v) is 4.36. The minimum Gasteiger partial charge on any atom is -0.355 e. The SMILES string of the molecule is CSc1ccc(NC(=O)c2cccc(Cl)c2)c(N2CCC(CC(=O)NC(C)(C)C)CC2)n1. The second-order valence-electron chi connectivity index (χ2n) is 9.12. The fraction of sp³-hybridized carbons (Fsp3) is 0.458. The van der Waals surface area contributed by atoms with Crippen molar-refractivity contribution in [3.05, 3.63) is 47.0 Å². The summed E-state index contributed by atoms with van der Waals surface area (Å²) in [7, 11) is 0. The van der Waals surface area contributed by atoms with Crippen LogP contribution in [-0.4, -0.2) is 41.7 Å². The number of nitrogens with zero attached hydrogens (tertiary/aromatic N) is 2. The number of piperidine rings is 1. The van der Waals surface area contributed by atoms with Crippen molar-refractivity contribution in [3.8, 4) is 0 Å². The first-order valence-electron chi connectivity index (χ1n) is 10.8. The van der Waals surface area contributed by atoms with Crippen LogP contribution in [0.3, 0.4) is 0 Å². The molecule has 0 atom stereocenters. The summed E-state index contributed by atoms with van der Waals surface area (Å²) in [6.07, 6.45) is 4.34. The second-order valence-corrected chi connectivity index (χ2v) is 10.4. The van der Waals surface area contributed by atoms with Gasteiger partial charge in [-0.05, 0) is 76.1 Å². The molecule has 2 N–H and O–H groups in total. The van der Waals surface area contributed by atoms with Gasteiger partial charge in [0, 0.05) is 35.6 Å². The van der Waals surface area contributed by atoms with E-state index in [2.05, 4.69) is 15.5 Å². The molecule has 1 aromatic heterocycles. The Bertz CT molecular complexity index is 969. The molecule has 2 aromatic rings. The molecule has 2 amide bonds. The number of aromatic nitrogens is 1. The van der Waals surface area contributed by atoms with E-state index in [4.69, 9.17) is 16.6 Å². The Labute approximate surface area is 199 Å². The number of hydrogen-bond donors (Lipinski definition) is 2. The number of amides is 2. The van der Waals surface area contributed by atoms with Crippen LogP contribution in [0.1, 0.15) is 50.4 Å². The molecule has 32 heavy (non-hydrogen) atoms. The van der Waals surface area contributed by atoms with Gasteiger partial charge in [-0.1, -0.05) is 17.7 Å². The van der Waals surface area contributed by atoms with Crippen LogP contribution in [0.25, 0.3) is 0 Å². The van der Waals surface area contributed by atoms with E-state index in [9.17, 15) is 9.59 Å². The van der Waals surface area contributed by atoms with Gasteiger partial charge in [0.1, 0.15) is 0 Å². The Balaban J connectivity index is 1.69. The molecule has 1 aliphatic rings. The summed E-state index contributed by atoms with van der Waals surface area (Å²) >= 11 is 7.60. The first kappa shape index (κ1) is 24.4. The van der Waals surface area contributed by atoms with Gasteiger partial charge in [-0.3, -0.25) is 9.59 Å². The van der Waals surface area contributed by atoms with E-state index >= 15 is 0 Å². The van der Waals surface area contributed by atoms with Gasteiger partial charge in [-0.25, -0.2) is 4.98 Å². The van der Waals surface area contributed by atoms with Crippen LogP contribution in [0, 0.1) is 5.92 Å². The van der Waals surface area contributed by atoms with Crippen LogP contribution in [0.15, 0.2) is 41.4 Å². The highest BCUT2D eigenvalue weighted by molar-refractivity contribution is 7.98. The molecule has 1 saturated heterocycles. The Hall–Kier alpha value is -2.25. The molecular formula is C24H31ClN4O2S. The predicted octanol–water partition coefficient (Wildman–Crippen LogP) is 5.23. The van der Waals surface area contributed by atoms with Crippen molar-refractivity contribution in [1.82, 2.24) is 10.3 Å². The summed E-state index contributed by atoms with van der Waals surface area (Å²) < 4.78 is 0. The third kappa shape index (κ3) is 6.87. The van der Waals surface area contributed by atoms with Crippen molar-refractivity contribution in [2.75, 3.05) is 29.6 Å². The van der Waals surface area contributed by atoms with Crippen molar-refractivity contribution in [2.45, 2.75) is 50.6 Å².